The molecule has 21 heavy (non-hydrogen) atoms. The Morgan fingerprint density at radius 1 is 1.19 bits per heavy atom. The highest BCUT2D eigenvalue weighted by molar-refractivity contribution is 9.10. The summed E-state index contributed by atoms with van der Waals surface area (Å²) in [5.41, 5.74) is 8.47. The van der Waals surface area contributed by atoms with Gasteiger partial charge in [-0.05, 0) is 55.4 Å². The van der Waals surface area contributed by atoms with Gasteiger partial charge in [-0.15, -0.1) is 0 Å². The molecule has 112 valence electrons. The largest absolute Gasteiger partial charge is 0.324 e. The lowest BCUT2D eigenvalue weighted by Gasteiger charge is -2.20. The van der Waals surface area contributed by atoms with E-state index < -0.39 is 0 Å². The van der Waals surface area contributed by atoms with Gasteiger partial charge in [0.25, 0.3) is 0 Å². The molecule has 0 spiro atoms. The second-order valence-electron chi connectivity index (χ2n) is 5.31. The lowest BCUT2D eigenvalue weighted by atomic mass is 10.0. The van der Waals surface area contributed by atoms with Gasteiger partial charge in [0.1, 0.15) is 5.82 Å². The molecular formula is C17H20BrFN2. The van der Waals surface area contributed by atoms with E-state index in [2.05, 4.69) is 40.0 Å². The van der Waals surface area contributed by atoms with Crippen LogP contribution < -0.4 is 5.73 Å². The summed E-state index contributed by atoms with van der Waals surface area (Å²) in [6, 6.07) is 14.8. The zero-order chi connectivity index (χ0) is 15.2. The number of benzene rings is 2. The summed E-state index contributed by atoms with van der Waals surface area (Å²) in [4.78, 5) is 2.20. The van der Waals surface area contributed by atoms with Crippen molar-refractivity contribution < 1.29 is 4.39 Å². The van der Waals surface area contributed by atoms with Gasteiger partial charge in [0, 0.05) is 17.1 Å². The maximum Gasteiger partial charge on any atom is 0.123 e. The Morgan fingerprint density at radius 2 is 1.90 bits per heavy atom. The first-order chi connectivity index (χ1) is 10.0. The lowest BCUT2D eigenvalue weighted by molar-refractivity contribution is 0.311. The molecule has 2 nitrogen and oxygen atoms in total. The van der Waals surface area contributed by atoms with E-state index in [9.17, 15) is 4.39 Å². The summed E-state index contributed by atoms with van der Waals surface area (Å²) in [5.74, 6) is -0.196. The first-order valence-corrected chi connectivity index (χ1v) is 7.78. The van der Waals surface area contributed by atoms with E-state index in [1.165, 1.54) is 12.1 Å². The van der Waals surface area contributed by atoms with E-state index in [-0.39, 0.29) is 11.9 Å². The second kappa shape index (κ2) is 7.69. The summed E-state index contributed by atoms with van der Waals surface area (Å²) in [6.45, 7) is 1.69. The van der Waals surface area contributed by atoms with Gasteiger partial charge >= 0.3 is 0 Å². The van der Waals surface area contributed by atoms with Crippen LogP contribution in [0.25, 0.3) is 0 Å². The van der Waals surface area contributed by atoms with E-state index in [0.717, 1.165) is 35.1 Å². The van der Waals surface area contributed by atoms with Crippen LogP contribution in [0, 0.1) is 5.82 Å². The van der Waals surface area contributed by atoms with Gasteiger partial charge in [-0.3, -0.25) is 0 Å². The van der Waals surface area contributed by atoms with Crippen LogP contribution in [0.1, 0.15) is 23.6 Å². The van der Waals surface area contributed by atoms with Crippen LogP contribution in [0.15, 0.2) is 53.0 Å². The Kier molecular flexibility index (Phi) is 5.91. The molecule has 0 saturated carbocycles. The van der Waals surface area contributed by atoms with Crippen molar-refractivity contribution in [1.29, 1.82) is 0 Å². The number of nitrogens with two attached hydrogens (primary N) is 1. The van der Waals surface area contributed by atoms with E-state index in [1.807, 2.05) is 24.3 Å². The Bertz CT molecular complexity index is 571. The van der Waals surface area contributed by atoms with Crippen molar-refractivity contribution in [2.45, 2.75) is 19.0 Å². The van der Waals surface area contributed by atoms with Gasteiger partial charge in [0.2, 0.25) is 0 Å². The molecule has 0 aliphatic heterocycles. The summed E-state index contributed by atoms with van der Waals surface area (Å²) >= 11 is 3.46. The third-order valence-corrected chi connectivity index (χ3v) is 3.96. The van der Waals surface area contributed by atoms with Gasteiger partial charge in [0.05, 0.1) is 0 Å². The van der Waals surface area contributed by atoms with Crippen molar-refractivity contribution in [3.05, 3.63) is 69.9 Å². The van der Waals surface area contributed by atoms with Crippen LogP contribution in [0.2, 0.25) is 0 Å². The molecule has 1 atom stereocenters. The first-order valence-electron chi connectivity index (χ1n) is 6.98. The molecular weight excluding hydrogens is 331 g/mol. The molecule has 0 aromatic heterocycles. The van der Waals surface area contributed by atoms with E-state index >= 15 is 0 Å². The standard InChI is InChI=1S/C17H20BrFN2/c1-21(12-13-5-7-16(19)8-6-13)10-9-17(20)14-3-2-4-15(18)11-14/h2-8,11,17H,9-10,12,20H2,1H3. The Morgan fingerprint density at radius 3 is 2.57 bits per heavy atom. The normalized spacial score (nSPS) is 12.6. The molecule has 2 aromatic rings. The molecule has 0 amide bonds. The minimum Gasteiger partial charge on any atom is -0.324 e. The zero-order valence-electron chi connectivity index (χ0n) is 12.1. The van der Waals surface area contributed by atoms with Crippen molar-refractivity contribution in [2.75, 3.05) is 13.6 Å². The Hall–Kier alpha value is -1.23. The predicted molar refractivity (Wildman–Crippen MR) is 88.4 cm³/mol. The molecule has 1 unspecified atom stereocenters. The highest BCUT2D eigenvalue weighted by Gasteiger charge is 2.08. The van der Waals surface area contributed by atoms with Gasteiger partial charge in [-0.2, -0.15) is 0 Å². The predicted octanol–water partition coefficient (Wildman–Crippen LogP) is 4.11. The maximum atomic E-state index is 12.9. The highest BCUT2D eigenvalue weighted by atomic mass is 79.9. The number of hydrogen-bond donors (Lipinski definition) is 1. The SMILES string of the molecule is CN(CCC(N)c1cccc(Br)c1)Cc1ccc(F)cc1. The fourth-order valence-corrected chi connectivity index (χ4v) is 2.66. The summed E-state index contributed by atoms with van der Waals surface area (Å²) in [5, 5.41) is 0. The summed E-state index contributed by atoms with van der Waals surface area (Å²) < 4.78 is 13.9. The maximum absolute atomic E-state index is 12.9. The Balaban J connectivity index is 1.83. The van der Waals surface area contributed by atoms with Gasteiger partial charge in [-0.25, -0.2) is 4.39 Å². The second-order valence-corrected chi connectivity index (χ2v) is 6.23. The van der Waals surface area contributed by atoms with Crippen molar-refractivity contribution in [2.24, 2.45) is 5.73 Å². The molecule has 4 heteroatoms. The number of halogens is 2. The zero-order valence-corrected chi connectivity index (χ0v) is 13.7. The third kappa shape index (κ3) is 5.23. The first kappa shape index (κ1) is 16.1. The van der Waals surface area contributed by atoms with Crippen LogP contribution in [0.3, 0.4) is 0 Å². The molecule has 0 aliphatic rings. The van der Waals surface area contributed by atoms with Crippen LogP contribution in [0.4, 0.5) is 4.39 Å². The van der Waals surface area contributed by atoms with Crippen molar-refractivity contribution in [1.82, 2.24) is 4.90 Å². The number of rotatable bonds is 6. The molecule has 2 N–H and O–H groups in total. The molecule has 0 radical (unpaired) electrons. The topological polar surface area (TPSA) is 29.3 Å². The summed E-state index contributed by atoms with van der Waals surface area (Å²) in [7, 11) is 2.05. The molecule has 2 rings (SSSR count). The monoisotopic (exact) mass is 350 g/mol. The average molecular weight is 351 g/mol. The minimum atomic E-state index is -0.196. The van der Waals surface area contributed by atoms with Crippen molar-refractivity contribution in [3.8, 4) is 0 Å². The third-order valence-electron chi connectivity index (χ3n) is 3.46. The smallest absolute Gasteiger partial charge is 0.123 e. The average Bonchev–Trinajstić information content (AvgIpc) is 2.47. The van der Waals surface area contributed by atoms with Crippen LogP contribution in [-0.2, 0) is 6.54 Å². The Labute approximate surface area is 133 Å². The fourth-order valence-electron chi connectivity index (χ4n) is 2.24. The molecule has 0 fully saturated rings. The van der Waals surface area contributed by atoms with Gasteiger partial charge < -0.3 is 10.6 Å². The van der Waals surface area contributed by atoms with Crippen LogP contribution in [-0.4, -0.2) is 18.5 Å². The van der Waals surface area contributed by atoms with E-state index in [1.54, 1.807) is 0 Å². The van der Waals surface area contributed by atoms with Crippen LogP contribution in [0.5, 0.6) is 0 Å². The van der Waals surface area contributed by atoms with Crippen molar-refractivity contribution >= 4 is 15.9 Å². The minimum absolute atomic E-state index is 0.0261. The quantitative estimate of drug-likeness (QED) is 0.849. The molecule has 0 heterocycles. The molecule has 0 saturated heterocycles. The fraction of sp³-hybridized carbons (Fsp3) is 0.294. The molecule has 0 aliphatic carbocycles. The van der Waals surface area contributed by atoms with Crippen molar-refractivity contribution in [3.63, 3.8) is 0 Å². The summed E-state index contributed by atoms with van der Waals surface area (Å²) in [6.07, 6.45) is 0.883. The van der Waals surface area contributed by atoms with E-state index in [0.29, 0.717) is 0 Å². The molecule has 0 bridgehead atoms. The van der Waals surface area contributed by atoms with E-state index in [4.69, 9.17) is 5.73 Å². The highest BCUT2D eigenvalue weighted by Crippen LogP contribution is 2.19. The van der Waals surface area contributed by atoms with Gasteiger partial charge in [0.15, 0.2) is 0 Å². The lowest BCUT2D eigenvalue weighted by Crippen LogP contribution is -2.23. The number of nitrogens with zero attached hydrogens (tertiary/aromatic N) is 1. The van der Waals surface area contributed by atoms with Gasteiger partial charge in [-0.1, -0.05) is 40.2 Å². The number of hydrogen-bond acceptors (Lipinski definition) is 2. The molecule has 2 aromatic carbocycles. The van der Waals surface area contributed by atoms with Crippen LogP contribution >= 0.6 is 15.9 Å².